The third kappa shape index (κ3) is 4.64. The molecule has 1 saturated heterocycles. The van der Waals surface area contributed by atoms with Gasteiger partial charge in [-0.1, -0.05) is 25.3 Å². The van der Waals surface area contributed by atoms with E-state index in [1.807, 2.05) is 6.07 Å². The highest BCUT2D eigenvalue weighted by molar-refractivity contribution is 7.89. The molecule has 3 aliphatic rings. The number of benzene rings is 1. The predicted molar refractivity (Wildman–Crippen MR) is 127 cm³/mol. The van der Waals surface area contributed by atoms with Gasteiger partial charge in [0.05, 0.1) is 4.90 Å². The molecule has 1 aromatic heterocycles. The molecule has 2 fully saturated rings. The number of carbonyl (C=O) groups is 1. The van der Waals surface area contributed by atoms with Crippen molar-refractivity contribution in [3.8, 4) is 0 Å². The number of nitrogens with one attached hydrogen (secondary N) is 1. The maximum Gasteiger partial charge on any atom is 0.250 e. The van der Waals surface area contributed by atoms with Crippen LogP contribution >= 0.6 is 0 Å². The van der Waals surface area contributed by atoms with E-state index < -0.39 is 10.0 Å². The SMILES string of the molecule is O=C(CC1CCCCC1)Nc1ccc(S(=O)(=O)N2C[C@@H]3C[C@H](C2)c2cccc(=O)n2C3)cc1. The van der Waals surface area contributed by atoms with E-state index >= 15 is 0 Å². The van der Waals surface area contributed by atoms with E-state index in [1.54, 1.807) is 45.3 Å². The van der Waals surface area contributed by atoms with Crippen molar-refractivity contribution in [3.63, 3.8) is 0 Å². The van der Waals surface area contributed by atoms with Crippen LogP contribution in [0.25, 0.3) is 0 Å². The summed E-state index contributed by atoms with van der Waals surface area (Å²) in [6, 6.07) is 11.8. The van der Waals surface area contributed by atoms with Crippen LogP contribution in [0.1, 0.15) is 56.6 Å². The average molecular weight is 470 g/mol. The van der Waals surface area contributed by atoms with Crippen LogP contribution < -0.4 is 10.9 Å². The van der Waals surface area contributed by atoms with Crippen molar-refractivity contribution in [2.75, 3.05) is 18.4 Å². The first-order valence-electron chi connectivity index (χ1n) is 12.0. The Kier molecular flexibility index (Phi) is 6.14. The summed E-state index contributed by atoms with van der Waals surface area (Å²) in [5, 5.41) is 2.92. The number of hydrogen-bond acceptors (Lipinski definition) is 4. The first-order valence-corrected chi connectivity index (χ1v) is 13.4. The van der Waals surface area contributed by atoms with Gasteiger partial charge >= 0.3 is 0 Å². The largest absolute Gasteiger partial charge is 0.326 e. The van der Waals surface area contributed by atoms with Crippen molar-refractivity contribution >= 4 is 21.6 Å². The van der Waals surface area contributed by atoms with Crippen LogP contribution in [-0.2, 0) is 21.4 Å². The molecule has 1 amide bonds. The van der Waals surface area contributed by atoms with Crippen LogP contribution in [0.15, 0.2) is 52.2 Å². The van der Waals surface area contributed by atoms with Gasteiger partial charge in [-0.05, 0) is 61.4 Å². The average Bonchev–Trinajstić information content (AvgIpc) is 2.81. The fourth-order valence-corrected chi connectivity index (χ4v) is 7.34. The summed E-state index contributed by atoms with van der Waals surface area (Å²) in [7, 11) is -3.65. The Morgan fingerprint density at radius 3 is 2.48 bits per heavy atom. The molecule has 0 spiro atoms. The van der Waals surface area contributed by atoms with E-state index in [0.717, 1.165) is 25.0 Å². The van der Waals surface area contributed by atoms with Crippen molar-refractivity contribution in [2.45, 2.75) is 62.3 Å². The van der Waals surface area contributed by atoms with Crippen molar-refractivity contribution in [1.29, 1.82) is 0 Å². The van der Waals surface area contributed by atoms with E-state index in [4.69, 9.17) is 0 Å². The highest BCUT2D eigenvalue weighted by Crippen LogP contribution is 2.37. The number of rotatable bonds is 5. The zero-order valence-corrected chi connectivity index (χ0v) is 19.6. The van der Waals surface area contributed by atoms with Gasteiger partial charge in [0.2, 0.25) is 15.9 Å². The number of piperidine rings is 1. The summed E-state index contributed by atoms with van der Waals surface area (Å²) < 4.78 is 30.1. The quantitative estimate of drug-likeness (QED) is 0.725. The Labute approximate surface area is 194 Å². The van der Waals surface area contributed by atoms with E-state index in [0.29, 0.717) is 37.7 Å². The Morgan fingerprint density at radius 2 is 1.73 bits per heavy atom. The molecule has 1 aliphatic carbocycles. The molecule has 2 bridgehead atoms. The van der Waals surface area contributed by atoms with Crippen molar-refractivity contribution in [3.05, 3.63) is 58.5 Å². The molecule has 1 aromatic carbocycles. The molecule has 0 unspecified atom stereocenters. The molecule has 1 N–H and O–H groups in total. The van der Waals surface area contributed by atoms with Crippen LogP contribution in [0.2, 0.25) is 0 Å². The smallest absolute Gasteiger partial charge is 0.250 e. The lowest BCUT2D eigenvalue weighted by atomic mass is 9.84. The normalized spacial score (nSPS) is 23.6. The van der Waals surface area contributed by atoms with Gasteiger partial charge in [0, 0.05) is 49.4 Å². The van der Waals surface area contributed by atoms with Crippen LogP contribution in [0.5, 0.6) is 0 Å². The summed E-state index contributed by atoms with van der Waals surface area (Å²) in [5.74, 6) is 0.609. The zero-order chi connectivity index (χ0) is 23.0. The summed E-state index contributed by atoms with van der Waals surface area (Å²) >= 11 is 0. The molecular weight excluding hydrogens is 438 g/mol. The number of anilines is 1. The molecule has 3 heterocycles. The number of fused-ring (bicyclic) bond motifs is 4. The number of amides is 1. The number of hydrogen-bond donors (Lipinski definition) is 1. The molecule has 1 saturated carbocycles. The van der Waals surface area contributed by atoms with E-state index in [9.17, 15) is 18.0 Å². The second-order valence-electron chi connectivity index (χ2n) is 9.80. The molecule has 8 heteroatoms. The van der Waals surface area contributed by atoms with Gasteiger partial charge in [0.15, 0.2) is 0 Å². The van der Waals surface area contributed by atoms with Gasteiger partial charge in [0.1, 0.15) is 0 Å². The minimum Gasteiger partial charge on any atom is -0.326 e. The second-order valence-corrected chi connectivity index (χ2v) is 11.7. The van der Waals surface area contributed by atoms with Crippen LogP contribution in [-0.4, -0.2) is 36.3 Å². The maximum atomic E-state index is 13.4. The van der Waals surface area contributed by atoms with Gasteiger partial charge in [-0.25, -0.2) is 8.42 Å². The Balaban J connectivity index is 1.26. The van der Waals surface area contributed by atoms with Gasteiger partial charge < -0.3 is 9.88 Å². The highest BCUT2D eigenvalue weighted by atomic mass is 32.2. The second kappa shape index (κ2) is 9.06. The van der Waals surface area contributed by atoms with E-state index in [1.165, 1.54) is 19.3 Å². The summed E-state index contributed by atoms with van der Waals surface area (Å²) in [6.07, 6.45) is 7.32. The van der Waals surface area contributed by atoms with Crippen molar-refractivity contribution in [1.82, 2.24) is 8.87 Å². The maximum absolute atomic E-state index is 13.4. The number of aromatic nitrogens is 1. The van der Waals surface area contributed by atoms with Gasteiger partial charge in [-0.2, -0.15) is 4.31 Å². The zero-order valence-electron chi connectivity index (χ0n) is 18.8. The topological polar surface area (TPSA) is 88.5 Å². The lowest BCUT2D eigenvalue weighted by molar-refractivity contribution is -0.117. The van der Waals surface area contributed by atoms with Crippen LogP contribution in [0.4, 0.5) is 5.69 Å². The fourth-order valence-electron chi connectivity index (χ4n) is 5.77. The highest BCUT2D eigenvalue weighted by Gasteiger charge is 2.39. The standard InChI is InChI=1S/C25H31N3O4S/c29-24(14-18-5-2-1-3-6-18)26-21-9-11-22(12-10-21)33(31,32)27-15-19-13-20(17-27)23-7-4-8-25(30)28(23)16-19/h4,7-12,18-20H,1-3,5-6,13-17H2,(H,26,29)/t19-,20+/m0/s1. The lowest BCUT2D eigenvalue weighted by Crippen LogP contribution is -2.48. The monoisotopic (exact) mass is 469 g/mol. The molecule has 5 rings (SSSR count). The third-order valence-electron chi connectivity index (χ3n) is 7.42. The number of nitrogens with zero attached hydrogens (tertiary/aromatic N) is 2. The molecule has 2 aromatic rings. The van der Waals surface area contributed by atoms with Crippen molar-refractivity contribution in [2.24, 2.45) is 11.8 Å². The summed E-state index contributed by atoms with van der Waals surface area (Å²) in [4.78, 5) is 24.8. The van der Waals surface area contributed by atoms with Crippen molar-refractivity contribution < 1.29 is 13.2 Å². The number of carbonyl (C=O) groups excluding carboxylic acids is 1. The van der Waals surface area contributed by atoms with Gasteiger partial charge in [-0.15, -0.1) is 0 Å². The third-order valence-corrected chi connectivity index (χ3v) is 9.27. The van der Waals surface area contributed by atoms with Crippen LogP contribution in [0.3, 0.4) is 0 Å². The fraction of sp³-hybridized carbons (Fsp3) is 0.520. The summed E-state index contributed by atoms with van der Waals surface area (Å²) in [5.41, 5.74) is 1.54. The van der Waals surface area contributed by atoms with Crippen LogP contribution in [0, 0.1) is 11.8 Å². The summed E-state index contributed by atoms with van der Waals surface area (Å²) in [6.45, 7) is 1.35. The Morgan fingerprint density at radius 1 is 0.970 bits per heavy atom. The number of sulfonamides is 1. The predicted octanol–water partition coefficient (Wildman–Crippen LogP) is 3.57. The first-order chi connectivity index (χ1) is 15.9. The lowest BCUT2D eigenvalue weighted by Gasteiger charge is -2.42. The van der Waals surface area contributed by atoms with E-state index in [-0.39, 0.29) is 28.2 Å². The molecule has 33 heavy (non-hydrogen) atoms. The molecule has 2 aliphatic heterocycles. The molecule has 2 atom stereocenters. The minimum absolute atomic E-state index is 0.00438. The van der Waals surface area contributed by atoms with Gasteiger partial charge in [0.25, 0.3) is 5.56 Å². The molecule has 0 radical (unpaired) electrons. The minimum atomic E-state index is -3.65. The number of pyridine rings is 1. The Bertz CT molecular complexity index is 1180. The molecule has 176 valence electrons. The molecule has 7 nitrogen and oxygen atoms in total. The Hall–Kier alpha value is -2.45. The molecular formula is C25H31N3O4S. The first kappa shape index (κ1) is 22.3. The van der Waals surface area contributed by atoms with E-state index in [2.05, 4.69) is 5.32 Å². The van der Waals surface area contributed by atoms with Gasteiger partial charge in [-0.3, -0.25) is 9.59 Å².